The van der Waals surface area contributed by atoms with Crippen LogP contribution in [0.3, 0.4) is 0 Å². The van der Waals surface area contributed by atoms with Gasteiger partial charge in [-0.3, -0.25) is 9.59 Å². The van der Waals surface area contributed by atoms with Gasteiger partial charge in [-0.2, -0.15) is 0 Å². The van der Waals surface area contributed by atoms with Gasteiger partial charge in [0.05, 0.1) is 43.7 Å². The minimum Gasteiger partial charge on any atom is -0.748 e. The average Bonchev–Trinajstić information content (AvgIpc) is 3.50. The van der Waals surface area contributed by atoms with Gasteiger partial charge in [0.15, 0.2) is 29.4 Å². The van der Waals surface area contributed by atoms with Crippen molar-refractivity contribution < 1.29 is 32.4 Å². The number of rotatable bonds is 11. The number of alkyl halides is 2. The summed E-state index contributed by atoms with van der Waals surface area (Å²) in [5.74, 6) is 6.46. The van der Waals surface area contributed by atoms with Crippen LogP contribution < -0.4 is 4.74 Å². The van der Waals surface area contributed by atoms with E-state index in [4.69, 9.17) is 52.5 Å². The van der Waals surface area contributed by atoms with E-state index in [1.165, 1.54) is 106 Å². The van der Waals surface area contributed by atoms with Crippen LogP contribution in [0, 0.1) is 74.0 Å². The monoisotopic (exact) mass is 1200 g/mol. The second-order valence-corrected chi connectivity index (χ2v) is 30.2. The molecular weight excluding hydrogens is 1120 g/mol. The Balaban J connectivity index is 0.000000175. The first kappa shape index (κ1) is 63.3. The van der Waals surface area contributed by atoms with E-state index in [2.05, 4.69) is 147 Å². The largest absolute Gasteiger partial charge is 0.748 e. The fraction of sp³-hybridized carbons (Fsp3) is 0.433. The number of esters is 1. The van der Waals surface area contributed by atoms with Crippen LogP contribution in [-0.2, 0) is 41.5 Å². The summed E-state index contributed by atoms with van der Waals surface area (Å²) < 4.78 is 33.4. The maximum Gasteiger partial charge on any atom is 0.311 e. The number of aromatic hydroxyl groups is 1. The Morgan fingerprint density at radius 3 is 1.04 bits per heavy atom. The van der Waals surface area contributed by atoms with Crippen molar-refractivity contribution in [1.29, 1.82) is 0 Å². The Hall–Kier alpha value is -4.26. The first-order valence-corrected chi connectivity index (χ1v) is 33.4. The van der Waals surface area contributed by atoms with Gasteiger partial charge in [-0.15, -0.1) is 23.2 Å². The second kappa shape index (κ2) is 28.3. The standard InChI is InChI=1S/C32H35O2S.C20H18OS.C12H17ClO.CH2Cl2.CH4O3S.CH4/c1-22-13-29(35(27-9-5-3-6-10-27)28-11-7-4-8-12-28)14-23(2)31(22)34-30(33)21-32-18-24-15-25(19-32)17-26(16-24)20-32;1-15-13-19(14-16(2)20(15)21)22(17-9-5-3-6-10-17)18-11-7-4-8-12-18;13-11(14)7-12-4-8-1-9(5-12)3-10(2-8)6-12;2-1-3;1-5(2,3)4;/h3-14,24-26H,15-21H2,1-2H3;3-14H,1-2H3;8-10H,1-7H2;1H2;1H3,(H,2,3,4);1H4/q+1;;;;;. The lowest BCUT2D eigenvalue weighted by Crippen LogP contribution is -2.47. The van der Waals surface area contributed by atoms with Crippen molar-refractivity contribution in [2.75, 3.05) is 11.6 Å². The van der Waals surface area contributed by atoms with Gasteiger partial charge >= 0.3 is 5.97 Å². The lowest BCUT2D eigenvalue weighted by atomic mass is 9.49. The number of halogens is 3. The predicted octanol–water partition coefficient (Wildman–Crippen LogP) is 17.6. The highest BCUT2D eigenvalue weighted by molar-refractivity contribution is 7.97. The Kier molecular flexibility index (Phi) is 22.4. The molecule has 0 spiro atoms. The molecule has 14 rings (SSSR count). The zero-order chi connectivity index (χ0) is 56.5. The maximum absolute atomic E-state index is 13.2. The zero-order valence-corrected chi connectivity index (χ0v) is 50.9. The third kappa shape index (κ3) is 16.9. The Morgan fingerprint density at radius 1 is 0.525 bits per heavy atom. The number of ether oxygens (including phenoxy) is 1. The molecule has 8 aliphatic rings. The van der Waals surface area contributed by atoms with E-state index < -0.39 is 10.1 Å². The van der Waals surface area contributed by atoms with Crippen molar-refractivity contribution in [3.63, 3.8) is 0 Å². The molecule has 13 heteroatoms. The van der Waals surface area contributed by atoms with Crippen LogP contribution in [0.15, 0.2) is 175 Å². The van der Waals surface area contributed by atoms with E-state index in [1.807, 2.05) is 26.0 Å². The first-order valence-electron chi connectivity index (χ1n) is 27.7. The van der Waals surface area contributed by atoms with Gasteiger partial charge in [0.2, 0.25) is 5.24 Å². The summed E-state index contributed by atoms with van der Waals surface area (Å²) in [5, 5.41) is 10.1. The van der Waals surface area contributed by atoms with Gasteiger partial charge in [-0.25, -0.2) is 8.42 Å². The van der Waals surface area contributed by atoms with Crippen molar-refractivity contribution in [2.45, 2.75) is 154 Å². The van der Waals surface area contributed by atoms with Crippen molar-refractivity contribution >= 4 is 77.9 Å². The Labute approximate surface area is 498 Å². The Morgan fingerprint density at radius 2 is 0.775 bits per heavy atom. The van der Waals surface area contributed by atoms with Gasteiger partial charge in [0, 0.05) is 36.9 Å². The highest BCUT2D eigenvalue weighted by Crippen LogP contribution is 2.62. The number of benzene rings is 6. The van der Waals surface area contributed by atoms with E-state index in [-0.39, 0.29) is 51.2 Å². The summed E-state index contributed by atoms with van der Waals surface area (Å²) >= 11 is 15.1. The molecule has 7 nitrogen and oxygen atoms in total. The molecule has 0 heterocycles. The third-order valence-corrected chi connectivity index (χ3v) is 21.4. The van der Waals surface area contributed by atoms with E-state index in [9.17, 15) is 14.7 Å². The molecule has 0 aromatic heterocycles. The number of carbonyl (C=O) groups excluding carboxylic acids is 2. The van der Waals surface area contributed by atoms with Crippen LogP contribution in [0.2, 0.25) is 0 Å². The molecule has 1 N–H and O–H groups in total. The Bertz CT molecular complexity index is 2900. The molecule has 0 radical (unpaired) electrons. The van der Waals surface area contributed by atoms with Crippen LogP contribution in [0.25, 0.3) is 0 Å². The van der Waals surface area contributed by atoms with Crippen LogP contribution in [0.4, 0.5) is 0 Å². The molecule has 6 aromatic rings. The van der Waals surface area contributed by atoms with Gasteiger partial charge in [0.1, 0.15) is 11.5 Å². The molecule has 0 amide bonds. The topological polar surface area (TPSA) is 121 Å². The molecule has 8 aliphatic carbocycles. The number of phenols is 1. The summed E-state index contributed by atoms with van der Waals surface area (Å²) in [6, 6.07) is 51.2. The fourth-order valence-electron chi connectivity index (χ4n) is 15.0. The molecule has 0 saturated heterocycles. The van der Waals surface area contributed by atoms with Gasteiger partial charge in [-0.05, 0) is 233 Å². The third-order valence-electron chi connectivity index (χ3n) is 16.9. The van der Waals surface area contributed by atoms with Crippen molar-refractivity contribution in [3.05, 3.63) is 168 Å². The molecular formula is C67H80Cl3O7S3+. The lowest BCUT2D eigenvalue weighted by molar-refractivity contribution is -0.142. The molecule has 0 aliphatic heterocycles. The molecule has 8 saturated carbocycles. The second-order valence-electron chi connectivity index (χ2n) is 23.5. The normalized spacial score (nSPS) is 24.3. The summed E-state index contributed by atoms with van der Waals surface area (Å²) in [5.41, 5.74) is 4.50. The molecule has 0 atom stereocenters. The highest BCUT2D eigenvalue weighted by Gasteiger charge is 2.53. The zero-order valence-electron chi connectivity index (χ0n) is 46.2. The summed E-state index contributed by atoms with van der Waals surface area (Å²) in [7, 11) is -4.28. The van der Waals surface area contributed by atoms with Gasteiger partial charge in [0.25, 0.3) is 0 Å². The fourth-order valence-corrected chi connectivity index (χ4v) is 19.8. The molecule has 0 unspecified atom stereocenters. The van der Waals surface area contributed by atoms with Gasteiger partial charge in [-0.1, -0.05) is 80.2 Å². The average molecular weight is 1200 g/mol. The van der Waals surface area contributed by atoms with Crippen LogP contribution in [0.5, 0.6) is 11.5 Å². The van der Waals surface area contributed by atoms with Crippen molar-refractivity contribution in [1.82, 2.24) is 0 Å². The summed E-state index contributed by atoms with van der Waals surface area (Å²) in [6.45, 7) is 8.09. The minimum atomic E-state index is -3.92. The highest BCUT2D eigenvalue weighted by atomic mass is 35.5. The lowest BCUT2D eigenvalue weighted by Gasteiger charge is -2.56. The molecule has 80 heavy (non-hydrogen) atoms. The number of carbonyl (C=O) groups is 2. The van der Waals surface area contributed by atoms with Crippen LogP contribution >= 0.6 is 34.8 Å². The smallest absolute Gasteiger partial charge is 0.311 e. The SMILES string of the molecule is C.CS(=O)(=O)[O-].Cc1cc([S+](c2ccccc2)c2ccccc2)cc(C)c1O.Cc1cc([S+](c2ccccc2)c2ccccc2)cc(C)c1OC(=O)CC12CC3CC(CC(C3)C1)C2.ClCCl.O=C(Cl)CC12CC3CC(CC(C3)C1)C2. The van der Waals surface area contributed by atoms with Crippen LogP contribution in [0.1, 0.15) is 120 Å². The molecule has 8 fully saturated rings. The molecule has 428 valence electrons. The number of hydrogen-bond acceptors (Lipinski definition) is 7. The predicted molar refractivity (Wildman–Crippen MR) is 329 cm³/mol. The van der Waals surface area contributed by atoms with Crippen molar-refractivity contribution in [2.24, 2.45) is 46.3 Å². The number of phenolic OH excluding ortho intramolecular Hbond substituents is 1. The minimum absolute atomic E-state index is 0. The van der Waals surface area contributed by atoms with Gasteiger partial charge < -0.3 is 14.4 Å². The van der Waals surface area contributed by atoms with E-state index in [1.54, 1.807) is 0 Å². The molecule has 6 aromatic carbocycles. The van der Waals surface area contributed by atoms with E-state index >= 15 is 0 Å². The number of hydrogen-bond donors (Lipinski definition) is 1. The quantitative estimate of drug-likeness (QED) is 0.0342. The summed E-state index contributed by atoms with van der Waals surface area (Å²) in [4.78, 5) is 32.0. The summed E-state index contributed by atoms with van der Waals surface area (Å²) in [6.07, 6.45) is 18.0. The molecule has 8 bridgehead atoms. The first-order chi connectivity index (χ1) is 37.7. The van der Waals surface area contributed by atoms with Crippen molar-refractivity contribution in [3.8, 4) is 11.5 Å². The number of aryl methyl sites for hydroxylation is 4. The van der Waals surface area contributed by atoms with E-state index in [0.29, 0.717) is 30.3 Å². The van der Waals surface area contributed by atoms with Crippen LogP contribution in [-0.4, -0.2) is 40.9 Å². The maximum atomic E-state index is 13.2. The van der Waals surface area contributed by atoms with E-state index in [0.717, 1.165) is 63.5 Å².